The maximum atomic E-state index is 10.7. The van der Waals surface area contributed by atoms with Gasteiger partial charge in [-0.25, -0.2) is 4.79 Å². The third-order valence-electron chi connectivity index (χ3n) is 1.65. The summed E-state index contributed by atoms with van der Waals surface area (Å²) in [6.07, 6.45) is 1.33. The summed E-state index contributed by atoms with van der Waals surface area (Å²) in [5.41, 5.74) is 0. The van der Waals surface area contributed by atoms with Crippen LogP contribution in [0.3, 0.4) is 0 Å². The number of aliphatic carboxylic acids is 1. The highest BCUT2D eigenvalue weighted by Crippen LogP contribution is 2.11. The van der Waals surface area contributed by atoms with Crippen LogP contribution in [0.4, 0.5) is 5.95 Å². The normalized spacial score (nSPS) is 12.4. The fourth-order valence-electron chi connectivity index (χ4n) is 0.974. The smallest absolute Gasteiger partial charge is 0.480 e. The molecule has 0 spiro atoms. The summed E-state index contributed by atoms with van der Waals surface area (Å²) in [5.74, 6) is -1.68. The van der Waals surface area contributed by atoms with Crippen LogP contribution in [0.25, 0.3) is 0 Å². The van der Waals surface area contributed by atoms with Gasteiger partial charge in [-0.1, -0.05) is 11.9 Å². The molecule has 0 bridgehead atoms. The molecule has 0 saturated heterocycles. The summed E-state index contributed by atoms with van der Waals surface area (Å²) < 4.78 is 0.973. The highest BCUT2D eigenvalue weighted by molar-refractivity contribution is 5.71. The molecule has 8 heteroatoms. The Morgan fingerprint density at radius 1 is 1.86 bits per heavy atom. The molecule has 1 N–H and O–H groups in total. The molecule has 1 aromatic rings. The van der Waals surface area contributed by atoms with Crippen molar-refractivity contribution in [2.75, 3.05) is 0 Å². The predicted molar refractivity (Wildman–Crippen MR) is 43.6 cm³/mol. The summed E-state index contributed by atoms with van der Waals surface area (Å²) in [5, 5.41) is 22.4. The van der Waals surface area contributed by atoms with E-state index in [9.17, 15) is 14.9 Å². The molecule has 1 heterocycles. The van der Waals surface area contributed by atoms with Crippen molar-refractivity contribution in [3.8, 4) is 0 Å². The van der Waals surface area contributed by atoms with E-state index in [0.29, 0.717) is 0 Å². The van der Waals surface area contributed by atoms with E-state index in [4.69, 9.17) is 5.11 Å². The average molecular weight is 200 g/mol. The SMILES string of the molecule is CCC(C(=O)O)n1cnc([N+](=O)[O-])n1. The van der Waals surface area contributed by atoms with Crippen molar-refractivity contribution in [1.29, 1.82) is 0 Å². The largest absolute Gasteiger partial charge is 0.490 e. The van der Waals surface area contributed by atoms with Gasteiger partial charge < -0.3 is 15.2 Å². The van der Waals surface area contributed by atoms with Crippen LogP contribution < -0.4 is 0 Å². The molecule has 1 aromatic heterocycles. The van der Waals surface area contributed by atoms with Crippen molar-refractivity contribution in [2.24, 2.45) is 0 Å². The number of rotatable bonds is 4. The van der Waals surface area contributed by atoms with Crippen molar-refractivity contribution in [3.05, 3.63) is 16.4 Å². The predicted octanol–water partition coefficient (Wildman–Crippen LogP) is 0.222. The summed E-state index contributed by atoms with van der Waals surface area (Å²) in [6.45, 7) is 1.65. The lowest BCUT2D eigenvalue weighted by molar-refractivity contribution is -0.394. The van der Waals surface area contributed by atoms with Gasteiger partial charge in [-0.15, -0.1) is 0 Å². The lowest BCUT2D eigenvalue weighted by Crippen LogP contribution is -2.18. The second kappa shape index (κ2) is 3.81. The Hall–Kier alpha value is -1.99. The van der Waals surface area contributed by atoms with E-state index in [1.54, 1.807) is 6.92 Å². The molecule has 0 amide bonds. The molecule has 76 valence electrons. The van der Waals surface area contributed by atoms with Gasteiger partial charge in [0.05, 0.1) is 0 Å². The Balaban J connectivity index is 2.95. The highest BCUT2D eigenvalue weighted by atomic mass is 16.6. The Bertz CT molecular complexity index is 360. The number of hydrogen-bond donors (Lipinski definition) is 1. The van der Waals surface area contributed by atoms with Gasteiger partial charge in [0.1, 0.15) is 0 Å². The van der Waals surface area contributed by atoms with Crippen LogP contribution in [0.2, 0.25) is 0 Å². The van der Waals surface area contributed by atoms with Crippen LogP contribution in [0.1, 0.15) is 19.4 Å². The minimum atomic E-state index is -1.09. The molecule has 8 nitrogen and oxygen atoms in total. The third kappa shape index (κ3) is 1.84. The molecule has 0 radical (unpaired) electrons. The van der Waals surface area contributed by atoms with Gasteiger partial charge >= 0.3 is 11.9 Å². The molecular formula is C6H8N4O4. The molecular weight excluding hydrogens is 192 g/mol. The van der Waals surface area contributed by atoms with E-state index in [-0.39, 0.29) is 6.42 Å². The average Bonchev–Trinajstić information content (AvgIpc) is 2.53. The van der Waals surface area contributed by atoms with E-state index >= 15 is 0 Å². The number of nitro groups is 1. The van der Waals surface area contributed by atoms with E-state index < -0.39 is 22.9 Å². The zero-order valence-electron chi connectivity index (χ0n) is 7.32. The van der Waals surface area contributed by atoms with Crippen LogP contribution in [0.15, 0.2) is 6.33 Å². The number of carboxylic acids is 1. The molecule has 0 aliphatic rings. The van der Waals surface area contributed by atoms with Crippen molar-refractivity contribution in [3.63, 3.8) is 0 Å². The number of hydrogen-bond acceptors (Lipinski definition) is 5. The Morgan fingerprint density at radius 2 is 2.50 bits per heavy atom. The van der Waals surface area contributed by atoms with Crippen LogP contribution in [0, 0.1) is 10.1 Å². The summed E-state index contributed by atoms with van der Waals surface area (Å²) >= 11 is 0. The molecule has 0 aliphatic carbocycles. The maximum Gasteiger partial charge on any atom is 0.490 e. The van der Waals surface area contributed by atoms with E-state index in [0.717, 1.165) is 11.0 Å². The summed E-state index contributed by atoms with van der Waals surface area (Å²) in [4.78, 5) is 23.5. The molecule has 1 atom stereocenters. The standard InChI is InChI=1S/C6H8N4O4/c1-2-4(5(11)12)9-3-7-6(8-9)10(13)14/h3-4H,2H2,1H3,(H,11,12). The first-order valence-electron chi connectivity index (χ1n) is 3.84. The van der Waals surface area contributed by atoms with Crippen LogP contribution in [0.5, 0.6) is 0 Å². The topological polar surface area (TPSA) is 111 Å². The molecule has 14 heavy (non-hydrogen) atoms. The number of nitrogens with zero attached hydrogens (tertiary/aromatic N) is 4. The van der Waals surface area contributed by atoms with Gasteiger partial charge in [-0.3, -0.25) is 0 Å². The molecule has 1 unspecified atom stereocenters. The first-order chi connectivity index (χ1) is 6.56. The van der Waals surface area contributed by atoms with Crippen LogP contribution in [-0.4, -0.2) is 30.8 Å². The zero-order chi connectivity index (χ0) is 10.7. The Morgan fingerprint density at radius 3 is 2.86 bits per heavy atom. The lowest BCUT2D eigenvalue weighted by atomic mass is 10.2. The summed E-state index contributed by atoms with van der Waals surface area (Å²) in [6, 6.07) is -0.906. The highest BCUT2D eigenvalue weighted by Gasteiger charge is 2.24. The number of carbonyl (C=O) groups is 1. The van der Waals surface area contributed by atoms with Crippen LogP contribution in [-0.2, 0) is 4.79 Å². The van der Waals surface area contributed by atoms with Gasteiger partial charge in [-0.05, 0) is 11.3 Å². The lowest BCUT2D eigenvalue weighted by Gasteiger charge is -2.04. The second-order valence-corrected chi connectivity index (χ2v) is 2.54. The van der Waals surface area contributed by atoms with Gasteiger partial charge in [0.15, 0.2) is 6.04 Å². The number of aromatic nitrogens is 3. The Kier molecular flexibility index (Phi) is 2.75. The van der Waals surface area contributed by atoms with E-state index in [2.05, 4.69) is 10.1 Å². The summed E-state index contributed by atoms with van der Waals surface area (Å²) in [7, 11) is 0. The monoisotopic (exact) mass is 200 g/mol. The number of carboxylic acid groups (broad SMARTS) is 1. The van der Waals surface area contributed by atoms with Gasteiger partial charge in [0.25, 0.3) is 0 Å². The molecule has 0 aromatic carbocycles. The van der Waals surface area contributed by atoms with Crippen molar-refractivity contribution in [2.45, 2.75) is 19.4 Å². The first-order valence-corrected chi connectivity index (χ1v) is 3.84. The fourth-order valence-corrected chi connectivity index (χ4v) is 0.974. The Labute approximate surface area is 78.3 Å². The van der Waals surface area contributed by atoms with E-state index in [1.807, 2.05) is 0 Å². The molecule has 0 aliphatic heterocycles. The third-order valence-corrected chi connectivity index (χ3v) is 1.65. The van der Waals surface area contributed by atoms with Gasteiger partial charge in [-0.2, -0.15) is 4.68 Å². The van der Waals surface area contributed by atoms with Crippen LogP contribution >= 0.6 is 0 Å². The van der Waals surface area contributed by atoms with Crippen molar-refractivity contribution in [1.82, 2.24) is 14.8 Å². The van der Waals surface area contributed by atoms with Gasteiger partial charge in [0.2, 0.25) is 6.33 Å². The van der Waals surface area contributed by atoms with E-state index in [1.165, 1.54) is 0 Å². The van der Waals surface area contributed by atoms with Crippen molar-refractivity contribution < 1.29 is 14.8 Å². The quantitative estimate of drug-likeness (QED) is 0.549. The second-order valence-electron chi connectivity index (χ2n) is 2.54. The first kappa shape index (κ1) is 10.1. The fraction of sp³-hybridized carbons (Fsp3) is 0.500. The molecule has 0 fully saturated rings. The van der Waals surface area contributed by atoms with Gasteiger partial charge in [0, 0.05) is 5.10 Å². The molecule has 1 rings (SSSR count). The van der Waals surface area contributed by atoms with Crippen molar-refractivity contribution >= 4 is 11.9 Å². The zero-order valence-corrected chi connectivity index (χ0v) is 7.32. The minimum absolute atomic E-state index is 0.288. The maximum absolute atomic E-state index is 10.7. The minimum Gasteiger partial charge on any atom is -0.480 e. The molecule has 0 saturated carbocycles.